The van der Waals surface area contributed by atoms with Gasteiger partial charge in [-0.2, -0.15) is 0 Å². The minimum Gasteiger partial charge on any atom is -0.489 e. The molecule has 2 aromatic rings. The van der Waals surface area contributed by atoms with Gasteiger partial charge >= 0.3 is 0 Å². The Hall–Kier alpha value is -2.01. The molecule has 25 heavy (non-hydrogen) atoms. The Morgan fingerprint density at radius 2 is 1.92 bits per heavy atom. The summed E-state index contributed by atoms with van der Waals surface area (Å²) in [4.78, 5) is 8.73. The van der Waals surface area contributed by atoms with Crippen molar-refractivity contribution < 1.29 is 9.13 Å². The minimum absolute atomic E-state index is 0.210. The van der Waals surface area contributed by atoms with Crippen molar-refractivity contribution in [2.45, 2.75) is 52.5 Å². The number of nitrogens with two attached hydrogens (primary N) is 1. The number of ether oxygens (including phenoxy) is 1. The van der Waals surface area contributed by atoms with Gasteiger partial charge in [0.1, 0.15) is 12.4 Å². The molecular weight excluding hydrogens is 317 g/mol. The zero-order valence-electron chi connectivity index (χ0n) is 15.7. The summed E-state index contributed by atoms with van der Waals surface area (Å²) in [5.41, 5.74) is 7.13. The second-order valence-electron chi connectivity index (χ2n) is 7.64. The van der Waals surface area contributed by atoms with Gasteiger partial charge in [-0.25, -0.2) is 14.4 Å². The molecule has 0 fully saturated rings. The summed E-state index contributed by atoms with van der Waals surface area (Å²) in [5, 5.41) is 0. The Balaban J connectivity index is 2.14. The Kier molecular flexibility index (Phi) is 6.11. The van der Waals surface area contributed by atoms with Gasteiger partial charge in [0.05, 0.1) is 5.69 Å². The van der Waals surface area contributed by atoms with E-state index >= 15 is 0 Å². The van der Waals surface area contributed by atoms with Crippen LogP contribution in [0.2, 0.25) is 0 Å². The molecule has 1 atom stereocenters. The first-order chi connectivity index (χ1) is 11.7. The molecule has 0 saturated carbocycles. The molecule has 0 radical (unpaired) electrons. The lowest BCUT2D eigenvalue weighted by molar-refractivity contribution is 0.200. The molecule has 5 heteroatoms. The summed E-state index contributed by atoms with van der Waals surface area (Å²) < 4.78 is 20.0. The number of rotatable bonds is 7. The Morgan fingerprint density at radius 1 is 1.20 bits per heavy atom. The Bertz CT molecular complexity index is 714. The van der Waals surface area contributed by atoms with Crippen molar-refractivity contribution >= 4 is 0 Å². The lowest BCUT2D eigenvalue weighted by atomic mass is 9.93. The monoisotopic (exact) mass is 345 g/mol. The van der Waals surface area contributed by atoms with E-state index in [1.165, 1.54) is 6.07 Å². The normalized spacial score (nSPS) is 14.0. The van der Waals surface area contributed by atoms with Gasteiger partial charge in [0, 0.05) is 23.2 Å². The van der Waals surface area contributed by atoms with Crippen molar-refractivity contribution in [1.82, 2.24) is 9.97 Å². The zero-order valence-corrected chi connectivity index (χ0v) is 15.7. The van der Waals surface area contributed by atoms with Crippen molar-refractivity contribution in [2.24, 2.45) is 11.7 Å². The van der Waals surface area contributed by atoms with E-state index in [0.717, 1.165) is 12.2 Å². The molecule has 2 rings (SSSR count). The van der Waals surface area contributed by atoms with Crippen LogP contribution in [0.4, 0.5) is 4.39 Å². The molecule has 4 nitrogen and oxygen atoms in total. The molecule has 1 heterocycles. The summed E-state index contributed by atoms with van der Waals surface area (Å²) in [5.74, 6) is 1.21. The fraction of sp³-hybridized carbons (Fsp3) is 0.500. The highest BCUT2D eigenvalue weighted by Gasteiger charge is 2.22. The van der Waals surface area contributed by atoms with Crippen LogP contribution in [0.5, 0.6) is 5.75 Å². The van der Waals surface area contributed by atoms with Gasteiger partial charge < -0.3 is 10.5 Å². The van der Waals surface area contributed by atoms with Gasteiger partial charge in [0.25, 0.3) is 0 Å². The van der Waals surface area contributed by atoms with Gasteiger partial charge in [-0.05, 0) is 43.5 Å². The lowest BCUT2D eigenvalue weighted by Crippen LogP contribution is -2.43. The number of benzene rings is 1. The van der Waals surface area contributed by atoms with E-state index in [1.54, 1.807) is 24.4 Å². The molecule has 0 aliphatic carbocycles. The van der Waals surface area contributed by atoms with E-state index in [1.807, 2.05) is 20.8 Å². The van der Waals surface area contributed by atoms with Crippen LogP contribution in [0, 0.1) is 11.7 Å². The summed E-state index contributed by atoms with van der Waals surface area (Å²) in [6.45, 7) is 10.5. The van der Waals surface area contributed by atoms with E-state index in [2.05, 4.69) is 23.8 Å². The zero-order chi connectivity index (χ0) is 18.6. The predicted molar refractivity (Wildman–Crippen MR) is 99.1 cm³/mol. The van der Waals surface area contributed by atoms with Crippen LogP contribution in [-0.2, 0) is 0 Å². The van der Waals surface area contributed by atoms with E-state index < -0.39 is 11.4 Å². The number of nitrogens with zero attached hydrogens (tertiary/aromatic N) is 2. The van der Waals surface area contributed by atoms with E-state index in [4.69, 9.17) is 10.5 Å². The third kappa shape index (κ3) is 5.49. The van der Waals surface area contributed by atoms with Crippen LogP contribution >= 0.6 is 0 Å². The first kappa shape index (κ1) is 19.3. The highest BCUT2D eigenvalue weighted by Crippen LogP contribution is 2.26. The number of hydrogen-bond donors (Lipinski definition) is 1. The minimum atomic E-state index is -0.488. The topological polar surface area (TPSA) is 61.0 Å². The van der Waals surface area contributed by atoms with Crippen LogP contribution < -0.4 is 10.5 Å². The lowest BCUT2D eigenvalue weighted by Gasteiger charge is -2.26. The first-order valence-electron chi connectivity index (χ1n) is 8.72. The molecule has 0 bridgehead atoms. The molecule has 1 unspecified atom stereocenters. The maximum atomic E-state index is 14.4. The number of hydrogen-bond acceptors (Lipinski definition) is 4. The van der Waals surface area contributed by atoms with Gasteiger partial charge in [-0.3, -0.25) is 0 Å². The van der Waals surface area contributed by atoms with Crippen molar-refractivity contribution in [2.75, 3.05) is 6.61 Å². The maximum absolute atomic E-state index is 14.4. The molecule has 1 aromatic carbocycles. The van der Waals surface area contributed by atoms with Crippen LogP contribution in [-0.4, -0.2) is 22.1 Å². The molecule has 1 aromatic heterocycles. The van der Waals surface area contributed by atoms with Crippen molar-refractivity contribution in [1.29, 1.82) is 0 Å². The largest absolute Gasteiger partial charge is 0.489 e. The predicted octanol–water partition coefficient (Wildman–Crippen LogP) is 4.55. The second-order valence-corrected chi connectivity index (χ2v) is 7.64. The standard InChI is InChI=1S/C20H28FN3O/c1-13(2)11-20(5,22)12-25-18-7-6-15(10-16(18)21)17-8-9-23-19(24-17)14(3)4/h6-10,13-14H,11-12,22H2,1-5H3. The third-order valence-electron chi connectivity index (χ3n) is 3.85. The number of halogens is 1. The molecule has 0 saturated heterocycles. The molecular formula is C20H28FN3O. The summed E-state index contributed by atoms with van der Waals surface area (Å²) in [6.07, 6.45) is 2.51. The summed E-state index contributed by atoms with van der Waals surface area (Å²) >= 11 is 0. The first-order valence-corrected chi connectivity index (χ1v) is 8.72. The smallest absolute Gasteiger partial charge is 0.165 e. The highest BCUT2D eigenvalue weighted by molar-refractivity contribution is 5.60. The Morgan fingerprint density at radius 3 is 2.52 bits per heavy atom. The quantitative estimate of drug-likeness (QED) is 0.800. The van der Waals surface area contributed by atoms with Crippen LogP contribution in [0.1, 0.15) is 52.8 Å². The second kappa shape index (κ2) is 7.91. The van der Waals surface area contributed by atoms with Gasteiger partial charge in [-0.15, -0.1) is 0 Å². The molecule has 2 N–H and O–H groups in total. The van der Waals surface area contributed by atoms with Crippen LogP contribution in [0.3, 0.4) is 0 Å². The molecule has 0 spiro atoms. The van der Waals surface area contributed by atoms with Gasteiger partial charge in [0.15, 0.2) is 11.6 Å². The summed E-state index contributed by atoms with van der Waals surface area (Å²) in [7, 11) is 0. The molecule has 0 amide bonds. The molecule has 0 aliphatic heterocycles. The fourth-order valence-electron chi connectivity index (χ4n) is 2.82. The molecule has 136 valence electrons. The molecule has 0 aliphatic rings. The highest BCUT2D eigenvalue weighted by atomic mass is 19.1. The average molecular weight is 345 g/mol. The van der Waals surface area contributed by atoms with Gasteiger partial charge in [-0.1, -0.05) is 27.7 Å². The van der Waals surface area contributed by atoms with Gasteiger partial charge in [0.2, 0.25) is 0 Å². The van der Waals surface area contributed by atoms with Crippen LogP contribution in [0.15, 0.2) is 30.5 Å². The maximum Gasteiger partial charge on any atom is 0.165 e. The van der Waals surface area contributed by atoms with Crippen molar-refractivity contribution in [3.63, 3.8) is 0 Å². The fourth-order valence-corrected chi connectivity index (χ4v) is 2.82. The van der Waals surface area contributed by atoms with E-state index in [0.29, 0.717) is 17.2 Å². The van der Waals surface area contributed by atoms with E-state index in [-0.39, 0.29) is 18.3 Å². The summed E-state index contributed by atoms with van der Waals surface area (Å²) in [6, 6.07) is 6.66. The average Bonchev–Trinajstić information content (AvgIpc) is 2.52. The van der Waals surface area contributed by atoms with Crippen molar-refractivity contribution in [3.8, 4) is 17.0 Å². The number of aromatic nitrogens is 2. The third-order valence-corrected chi connectivity index (χ3v) is 3.85. The van der Waals surface area contributed by atoms with Crippen molar-refractivity contribution in [3.05, 3.63) is 42.1 Å². The van der Waals surface area contributed by atoms with E-state index in [9.17, 15) is 4.39 Å². The Labute approximate surface area is 149 Å². The SMILES string of the molecule is CC(C)CC(C)(N)COc1ccc(-c2ccnc(C(C)C)n2)cc1F. The van der Waals surface area contributed by atoms with Crippen LogP contribution in [0.25, 0.3) is 11.3 Å².